The van der Waals surface area contributed by atoms with Gasteiger partial charge in [0, 0.05) is 37.9 Å². The average molecular weight is 494 g/mol. The molecule has 8 nitrogen and oxygen atoms in total. The number of nitrogens with zero attached hydrogens (tertiary/aromatic N) is 2. The fourth-order valence-electron chi connectivity index (χ4n) is 3.24. The normalized spacial score (nSPS) is 12.5. The highest BCUT2D eigenvalue weighted by Crippen LogP contribution is 2.19. The topological polar surface area (TPSA) is 104 Å². The van der Waals surface area contributed by atoms with E-state index >= 15 is 0 Å². The third-order valence-electron chi connectivity index (χ3n) is 5.12. The van der Waals surface area contributed by atoms with Crippen LogP contribution in [0, 0.1) is 0 Å². The first-order valence-corrected chi connectivity index (χ1v) is 13.7. The minimum atomic E-state index is -3.56. The quantitative estimate of drug-likeness (QED) is 0.483. The lowest BCUT2D eigenvalue weighted by atomic mass is 10.2. The highest BCUT2D eigenvalue weighted by Gasteiger charge is 2.22. The zero-order valence-electron chi connectivity index (χ0n) is 19.4. The minimum absolute atomic E-state index is 0.166. The molecule has 10 heteroatoms. The number of hydrogen-bond acceptors (Lipinski definition) is 5. The summed E-state index contributed by atoms with van der Waals surface area (Å²) in [4.78, 5) is 12.6. The molecule has 0 aliphatic heterocycles. The number of carbonyl (C=O) groups is 1. The van der Waals surface area contributed by atoms with E-state index in [1.165, 1.54) is 51.1 Å². The number of rotatable bonds is 11. The Morgan fingerprint density at radius 2 is 1.12 bits per heavy atom. The van der Waals surface area contributed by atoms with Crippen LogP contribution in [0.15, 0.2) is 64.4 Å². The molecule has 0 aliphatic carbocycles. The molecule has 0 unspecified atom stereocenters. The molecule has 33 heavy (non-hydrogen) atoms. The highest BCUT2D eigenvalue weighted by atomic mass is 32.2. The van der Waals surface area contributed by atoms with Gasteiger partial charge < -0.3 is 5.32 Å². The summed E-state index contributed by atoms with van der Waals surface area (Å²) in [6, 6.07) is 12.3. The first-order chi connectivity index (χ1) is 15.6. The molecule has 1 N–H and O–H groups in total. The Hall–Kier alpha value is -2.53. The minimum Gasteiger partial charge on any atom is -0.323 e. The van der Waals surface area contributed by atoms with Crippen molar-refractivity contribution in [1.82, 2.24) is 8.61 Å². The molecule has 0 radical (unpaired) electrons. The molecular formula is C23H31N3O5S2. The van der Waals surface area contributed by atoms with Crippen LogP contribution < -0.4 is 5.32 Å². The molecule has 0 heterocycles. The summed E-state index contributed by atoms with van der Waals surface area (Å²) in [6.07, 6.45) is 2.90. The van der Waals surface area contributed by atoms with Gasteiger partial charge in [-0.05, 0) is 48.0 Å². The van der Waals surface area contributed by atoms with Gasteiger partial charge in [0.25, 0.3) is 0 Å². The fraction of sp³-hybridized carbons (Fsp3) is 0.348. The van der Waals surface area contributed by atoms with Gasteiger partial charge in [0.2, 0.25) is 26.0 Å². The molecule has 2 aromatic rings. The van der Waals surface area contributed by atoms with Gasteiger partial charge in [-0.1, -0.05) is 39.8 Å². The van der Waals surface area contributed by atoms with Gasteiger partial charge in [-0.15, -0.1) is 0 Å². The Morgan fingerprint density at radius 3 is 1.52 bits per heavy atom. The largest absolute Gasteiger partial charge is 0.323 e. The van der Waals surface area contributed by atoms with E-state index in [0.29, 0.717) is 37.4 Å². The van der Waals surface area contributed by atoms with Crippen LogP contribution in [0.2, 0.25) is 0 Å². The third kappa shape index (κ3) is 6.50. The van der Waals surface area contributed by atoms with Crippen molar-refractivity contribution in [3.05, 3.63) is 60.2 Å². The molecule has 0 saturated carbocycles. The second kappa shape index (κ2) is 11.6. The van der Waals surface area contributed by atoms with Gasteiger partial charge in [-0.25, -0.2) is 16.8 Å². The number of carbonyl (C=O) groups excluding carboxylic acids is 1. The van der Waals surface area contributed by atoms with Crippen molar-refractivity contribution in [2.75, 3.05) is 31.5 Å². The lowest BCUT2D eigenvalue weighted by Crippen LogP contribution is -2.30. The highest BCUT2D eigenvalue weighted by molar-refractivity contribution is 7.89. The van der Waals surface area contributed by atoms with E-state index in [9.17, 15) is 21.6 Å². The van der Waals surface area contributed by atoms with E-state index in [-0.39, 0.29) is 9.79 Å². The molecular weight excluding hydrogens is 462 g/mol. The van der Waals surface area contributed by atoms with Gasteiger partial charge in [0.05, 0.1) is 9.79 Å². The Labute approximate surface area is 197 Å². The summed E-state index contributed by atoms with van der Waals surface area (Å²) in [5.74, 6) is -0.394. The SMILES string of the molecule is CCN(CC)S(=O)(=O)c1ccc(/C=C/C(=O)Nc2ccc(S(=O)(=O)N(CC)CC)cc2)cc1. The fourth-order valence-corrected chi connectivity index (χ4v) is 6.16. The number of anilines is 1. The summed E-state index contributed by atoms with van der Waals surface area (Å²) in [5, 5.41) is 2.68. The van der Waals surface area contributed by atoms with Crippen molar-refractivity contribution in [2.45, 2.75) is 37.5 Å². The predicted octanol–water partition coefficient (Wildman–Crippen LogP) is 3.40. The molecule has 2 rings (SSSR count). The summed E-state index contributed by atoms with van der Waals surface area (Å²) in [7, 11) is -7.08. The molecule has 0 atom stereocenters. The van der Waals surface area contributed by atoms with Crippen molar-refractivity contribution in [2.24, 2.45) is 0 Å². The van der Waals surface area contributed by atoms with E-state index in [1.54, 1.807) is 45.9 Å². The monoisotopic (exact) mass is 493 g/mol. The third-order valence-corrected chi connectivity index (χ3v) is 9.24. The van der Waals surface area contributed by atoms with Crippen LogP contribution in [0.5, 0.6) is 0 Å². The van der Waals surface area contributed by atoms with E-state index in [0.717, 1.165) is 0 Å². The predicted molar refractivity (Wildman–Crippen MR) is 131 cm³/mol. The van der Waals surface area contributed by atoms with Gasteiger partial charge in [0.15, 0.2) is 0 Å². The maximum atomic E-state index is 12.5. The van der Waals surface area contributed by atoms with Crippen LogP contribution in [0.25, 0.3) is 6.08 Å². The van der Waals surface area contributed by atoms with Crippen molar-refractivity contribution >= 4 is 37.7 Å². The lowest BCUT2D eigenvalue weighted by Gasteiger charge is -2.18. The van der Waals surface area contributed by atoms with Crippen LogP contribution in [-0.2, 0) is 24.8 Å². The van der Waals surface area contributed by atoms with Crippen molar-refractivity contribution in [1.29, 1.82) is 0 Å². The maximum absolute atomic E-state index is 12.5. The van der Waals surface area contributed by atoms with Crippen LogP contribution >= 0.6 is 0 Å². The van der Waals surface area contributed by atoms with Crippen LogP contribution in [-0.4, -0.2) is 57.5 Å². The van der Waals surface area contributed by atoms with Crippen molar-refractivity contribution in [3.8, 4) is 0 Å². The summed E-state index contributed by atoms with van der Waals surface area (Å²) in [6.45, 7) is 8.67. The second-order valence-electron chi connectivity index (χ2n) is 7.09. The Bertz CT molecular complexity index is 1170. The number of amides is 1. The molecule has 0 aromatic heterocycles. The number of hydrogen-bond donors (Lipinski definition) is 1. The Balaban J connectivity index is 2.06. The van der Waals surface area contributed by atoms with E-state index in [4.69, 9.17) is 0 Å². The second-order valence-corrected chi connectivity index (χ2v) is 11.0. The maximum Gasteiger partial charge on any atom is 0.248 e. The summed E-state index contributed by atoms with van der Waals surface area (Å²) in [5.41, 5.74) is 1.13. The van der Waals surface area contributed by atoms with Crippen LogP contribution in [0.1, 0.15) is 33.3 Å². The molecule has 2 aromatic carbocycles. The molecule has 0 bridgehead atoms. The first-order valence-electron chi connectivity index (χ1n) is 10.8. The molecule has 1 amide bonds. The smallest absolute Gasteiger partial charge is 0.248 e. The standard InChI is InChI=1S/C23H31N3O5S2/c1-5-25(6-2)32(28,29)21-14-9-19(10-15-21)11-18-23(27)24-20-12-16-22(17-13-20)33(30,31)26(7-3)8-4/h9-18H,5-8H2,1-4H3,(H,24,27)/b18-11+. The molecule has 0 spiro atoms. The average Bonchev–Trinajstić information content (AvgIpc) is 2.79. The van der Waals surface area contributed by atoms with Crippen molar-refractivity contribution < 1.29 is 21.6 Å². The van der Waals surface area contributed by atoms with Gasteiger partial charge in [-0.2, -0.15) is 8.61 Å². The number of benzene rings is 2. The number of sulfonamides is 2. The molecule has 0 fully saturated rings. The zero-order valence-corrected chi connectivity index (χ0v) is 21.0. The van der Waals surface area contributed by atoms with E-state index in [1.807, 2.05) is 0 Å². The summed E-state index contributed by atoms with van der Waals surface area (Å²) < 4.78 is 52.9. The number of nitrogens with one attached hydrogen (secondary N) is 1. The molecule has 180 valence electrons. The Morgan fingerprint density at radius 1 is 0.727 bits per heavy atom. The first kappa shape index (κ1) is 26.7. The molecule has 0 aliphatic rings. The van der Waals surface area contributed by atoms with Crippen LogP contribution in [0.4, 0.5) is 5.69 Å². The zero-order chi connectivity index (χ0) is 24.6. The Kier molecular flexibility index (Phi) is 9.35. The van der Waals surface area contributed by atoms with E-state index < -0.39 is 26.0 Å². The lowest BCUT2D eigenvalue weighted by molar-refractivity contribution is -0.111. The van der Waals surface area contributed by atoms with Gasteiger partial charge in [0.1, 0.15) is 0 Å². The summed E-state index contributed by atoms with van der Waals surface area (Å²) >= 11 is 0. The van der Waals surface area contributed by atoms with Gasteiger partial charge >= 0.3 is 0 Å². The van der Waals surface area contributed by atoms with E-state index in [2.05, 4.69) is 5.32 Å². The van der Waals surface area contributed by atoms with Crippen LogP contribution in [0.3, 0.4) is 0 Å². The molecule has 0 saturated heterocycles. The van der Waals surface area contributed by atoms with Gasteiger partial charge in [-0.3, -0.25) is 4.79 Å². The van der Waals surface area contributed by atoms with Crippen molar-refractivity contribution in [3.63, 3.8) is 0 Å².